The van der Waals surface area contributed by atoms with Gasteiger partial charge < -0.3 is 15.5 Å². The van der Waals surface area contributed by atoms with Crippen molar-refractivity contribution in [3.8, 4) is 0 Å². The fraction of sp³-hybridized carbons (Fsp3) is 0.632. The zero-order valence-corrected chi connectivity index (χ0v) is 14.8. The van der Waals surface area contributed by atoms with E-state index in [-0.39, 0.29) is 11.6 Å². The maximum Gasteiger partial charge on any atom is 0.315 e. The number of amides is 2. The monoisotopic (exact) mass is 317 g/mol. The summed E-state index contributed by atoms with van der Waals surface area (Å²) in [5.74, 6) is 0. The predicted molar refractivity (Wildman–Crippen MR) is 95.5 cm³/mol. The molecule has 0 aromatic heterocycles. The van der Waals surface area contributed by atoms with Crippen LogP contribution in [0.1, 0.15) is 49.7 Å². The number of nitrogens with zero attached hydrogens (tertiary/aromatic N) is 1. The van der Waals surface area contributed by atoms with E-state index in [4.69, 9.17) is 0 Å². The van der Waals surface area contributed by atoms with E-state index in [1.54, 1.807) is 0 Å². The van der Waals surface area contributed by atoms with Crippen molar-refractivity contribution in [1.29, 1.82) is 0 Å². The van der Waals surface area contributed by atoms with Gasteiger partial charge in [0.15, 0.2) is 0 Å². The van der Waals surface area contributed by atoms with E-state index in [0.717, 1.165) is 24.9 Å². The summed E-state index contributed by atoms with van der Waals surface area (Å²) in [7, 11) is 4.27. The second-order valence-corrected chi connectivity index (χ2v) is 7.05. The smallest absolute Gasteiger partial charge is 0.315 e. The summed E-state index contributed by atoms with van der Waals surface area (Å²) in [6.07, 6.45) is 7.47. The van der Waals surface area contributed by atoms with Crippen LogP contribution < -0.4 is 10.6 Å². The topological polar surface area (TPSA) is 44.4 Å². The molecular formula is C19H31N3O. The van der Waals surface area contributed by atoms with Gasteiger partial charge in [-0.15, -0.1) is 0 Å². The third-order valence-corrected chi connectivity index (χ3v) is 5.13. The molecule has 0 atom stereocenters. The lowest BCUT2D eigenvalue weighted by Gasteiger charge is -2.39. The van der Waals surface area contributed by atoms with Crippen LogP contribution in [-0.2, 0) is 6.54 Å². The first-order valence-electron chi connectivity index (χ1n) is 8.76. The van der Waals surface area contributed by atoms with Crippen LogP contribution in [0.5, 0.6) is 0 Å². The minimum atomic E-state index is -0.0731. The molecule has 0 unspecified atom stereocenters. The zero-order chi connectivity index (χ0) is 16.7. The number of urea groups is 1. The molecule has 0 spiro atoms. The third-order valence-electron chi connectivity index (χ3n) is 5.13. The van der Waals surface area contributed by atoms with Gasteiger partial charge in [-0.05, 0) is 39.4 Å². The van der Waals surface area contributed by atoms with Crippen molar-refractivity contribution in [2.75, 3.05) is 20.6 Å². The second-order valence-electron chi connectivity index (χ2n) is 7.05. The Kier molecular flexibility index (Phi) is 6.46. The van der Waals surface area contributed by atoms with Crippen LogP contribution in [0.25, 0.3) is 0 Å². The Labute approximate surface area is 140 Å². The highest BCUT2D eigenvalue weighted by atomic mass is 16.2. The van der Waals surface area contributed by atoms with E-state index in [1.807, 2.05) is 0 Å². The number of hydrogen-bond donors (Lipinski definition) is 2. The average Bonchev–Trinajstić information content (AvgIpc) is 2.79. The average molecular weight is 317 g/mol. The fourth-order valence-corrected chi connectivity index (χ4v) is 3.36. The number of hydrogen-bond acceptors (Lipinski definition) is 2. The molecule has 0 aliphatic heterocycles. The van der Waals surface area contributed by atoms with Crippen molar-refractivity contribution >= 4 is 6.03 Å². The molecule has 1 aromatic rings. The largest absolute Gasteiger partial charge is 0.336 e. The summed E-state index contributed by atoms with van der Waals surface area (Å²) >= 11 is 0. The summed E-state index contributed by atoms with van der Waals surface area (Å²) < 4.78 is 0. The van der Waals surface area contributed by atoms with Gasteiger partial charge in [0.1, 0.15) is 0 Å². The fourth-order valence-electron chi connectivity index (χ4n) is 3.36. The van der Waals surface area contributed by atoms with Gasteiger partial charge in [-0.25, -0.2) is 4.79 Å². The van der Waals surface area contributed by atoms with Crippen LogP contribution >= 0.6 is 0 Å². The highest BCUT2D eigenvalue weighted by Gasteiger charge is 2.33. The predicted octanol–water partition coefficient (Wildman–Crippen LogP) is 3.45. The van der Waals surface area contributed by atoms with Gasteiger partial charge in [-0.1, -0.05) is 55.5 Å². The van der Waals surface area contributed by atoms with E-state index in [2.05, 4.69) is 60.8 Å². The molecular weight excluding hydrogens is 286 g/mol. The molecule has 1 aromatic carbocycles. The first-order chi connectivity index (χ1) is 11.0. The maximum absolute atomic E-state index is 12.1. The summed E-state index contributed by atoms with van der Waals surface area (Å²) in [6.45, 7) is 3.36. The molecule has 2 N–H and O–H groups in total. The minimum Gasteiger partial charge on any atom is -0.336 e. The lowest BCUT2D eigenvalue weighted by atomic mass is 9.89. The summed E-state index contributed by atoms with van der Waals surface area (Å²) in [5.41, 5.74) is 2.47. The van der Waals surface area contributed by atoms with Crippen LogP contribution in [0.2, 0.25) is 0 Å². The van der Waals surface area contributed by atoms with Crippen molar-refractivity contribution < 1.29 is 4.79 Å². The quantitative estimate of drug-likeness (QED) is 0.817. The number of nitrogens with one attached hydrogen (secondary N) is 2. The van der Waals surface area contributed by atoms with Crippen LogP contribution in [0.15, 0.2) is 24.3 Å². The number of benzene rings is 1. The molecule has 1 aliphatic carbocycles. The van der Waals surface area contributed by atoms with Crippen LogP contribution in [0.3, 0.4) is 0 Å². The Morgan fingerprint density at radius 3 is 2.22 bits per heavy atom. The van der Waals surface area contributed by atoms with Crippen molar-refractivity contribution in [3.63, 3.8) is 0 Å². The van der Waals surface area contributed by atoms with Gasteiger partial charge >= 0.3 is 6.03 Å². The van der Waals surface area contributed by atoms with Crippen molar-refractivity contribution in [2.24, 2.45) is 0 Å². The first kappa shape index (κ1) is 17.8. The van der Waals surface area contributed by atoms with E-state index in [0.29, 0.717) is 6.54 Å². The van der Waals surface area contributed by atoms with E-state index in [1.165, 1.54) is 31.2 Å². The van der Waals surface area contributed by atoms with Crippen molar-refractivity contribution in [2.45, 2.75) is 57.5 Å². The Hall–Kier alpha value is -1.55. The molecule has 1 saturated carbocycles. The van der Waals surface area contributed by atoms with Crippen LogP contribution in [0, 0.1) is 6.92 Å². The molecule has 0 saturated heterocycles. The van der Waals surface area contributed by atoms with Gasteiger partial charge in [-0.2, -0.15) is 0 Å². The number of rotatable bonds is 5. The normalized spacial score (nSPS) is 17.6. The SMILES string of the molecule is Cc1ccc(CNC(=O)NCC2(N(C)C)CCCCCC2)cc1. The second kappa shape index (κ2) is 8.34. The van der Waals surface area contributed by atoms with Crippen LogP contribution in [-0.4, -0.2) is 37.1 Å². The summed E-state index contributed by atoms with van der Waals surface area (Å²) in [6, 6.07) is 8.18. The lowest BCUT2D eigenvalue weighted by Crippen LogP contribution is -2.53. The Balaban J connectivity index is 1.82. The van der Waals surface area contributed by atoms with E-state index < -0.39 is 0 Å². The number of carbonyl (C=O) groups is 1. The van der Waals surface area contributed by atoms with Crippen molar-refractivity contribution in [3.05, 3.63) is 35.4 Å². The molecule has 1 aliphatic rings. The minimum absolute atomic E-state index is 0.0731. The molecule has 0 heterocycles. The standard InChI is InChI=1S/C19H31N3O/c1-16-8-10-17(11-9-16)14-20-18(23)21-15-19(22(2)3)12-6-4-5-7-13-19/h8-11H,4-7,12-15H2,1-3H3,(H2,20,21,23). The van der Waals surface area contributed by atoms with Crippen LogP contribution in [0.4, 0.5) is 4.79 Å². The van der Waals surface area contributed by atoms with Gasteiger partial charge in [0.2, 0.25) is 0 Å². The lowest BCUT2D eigenvalue weighted by molar-refractivity contribution is 0.128. The third kappa shape index (κ3) is 5.24. The molecule has 0 bridgehead atoms. The summed E-state index contributed by atoms with van der Waals surface area (Å²) in [4.78, 5) is 14.4. The van der Waals surface area contributed by atoms with Crippen molar-refractivity contribution in [1.82, 2.24) is 15.5 Å². The Bertz CT molecular complexity index is 488. The zero-order valence-electron chi connectivity index (χ0n) is 14.8. The molecule has 1 fully saturated rings. The maximum atomic E-state index is 12.1. The molecule has 23 heavy (non-hydrogen) atoms. The number of carbonyl (C=O) groups excluding carboxylic acids is 1. The molecule has 4 nitrogen and oxygen atoms in total. The Morgan fingerprint density at radius 1 is 1.04 bits per heavy atom. The van der Waals surface area contributed by atoms with Gasteiger partial charge in [0.25, 0.3) is 0 Å². The summed E-state index contributed by atoms with van der Waals surface area (Å²) in [5, 5.41) is 6.05. The van der Waals surface area contributed by atoms with Gasteiger partial charge in [0, 0.05) is 18.6 Å². The number of aryl methyl sites for hydroxylation is 1. The van der Waals surface area contributed by atoms with E-state index in [9.17, 15) is 4.79 Å². The number of likely N-dealkylation sites (N-methyl/N-ethyl adjacent to an activating group) is 1. The van der Waals surface area contributed by atoms with Gasteiger partial charge in [0.05, 0.1) is 0 Å². The van der Waals surface area contributed by atoms with E-state index >= 15 is 0 Å². The molecule has 4 heteroatoms. The first-order valence-corrected chi connectivity index (χ1v) is 8.76. The highest BCUT2D eigenvalue weighted by molar-refractivity contribution is 5.73. The molecule has 128 valence electrons. The molecule has 2 rings (SSSR count). The van der Waals surface area contributed by atoms with Gasteiger partial charge in [-0.3, -0.25) is 0 Å². The molecule has 2 amide bonds. The Morgan fingerprint density at radius 2 is 1.65 bits per heavy atom. The molecule has 0 radical (unpaired) electrons. The highest BCUT2D eigenvalue weighted by Crippen LogP contribution is 2.30.